The van der Waals surface area contributed by atoms with Gasteiger partial charge in [0.15, 0.2) is 0 Å². The highest BCUT2D eigenvalue weighted by molar-refractivity contribution is 7.17. The standard InChI is InChI=1S/C16H21N3OS2/c1-17-6-2-12-3-7-19(8-4-12)16(20)14-10-18-15(22-14)13-5-9-21-11-13/h5,9-12,17H,2-4,6-8H2,1H3. The SMILES string of the molecule is CNCCC1CCN(C(=O)c2cnc(-c3ccsc3)s2)CC1. The van der Waals surface area contributed by atoms with Crippen molar-refractivity contribution in [1.82, 2.24) is 15.2 Å². The lowest BCUT2D eigenvalue weighted by Crippen LogP contribution is -2.38. The number of thiazole rings is 1. The molecule has 6 heteroatoms. The molecule has 3 heterocycles. The molecule has 0 unspecified atom stereocenters. The summed E-state index contributed by atoms with van der Waals surface area (Å²) in [6, 6.07) is 2.05. The fourth-order valence-corrected chi connectivity index (χ4v) is 4.42. The van der Waals surface area contributed by atoms with Crippen LogP contribution in [0.2, 0.25) is 0 Å². The summed E-state index contributed by atoms with van der Waals surface area (Å²) in [5.41, 5.74) is 1.11. The molecule has 1 aliphatic rings. The molecule has 0 aromatic carbocycles. The summed E-state index contributed by atoms with van der Waals surface area (Å²) >= 11 is 3.15. The fourth-order valence-electron chi connectivity index (χ4n) is 2.82. The molecule has 4 nitrogen and oxygen atoms in total. The number of hydrogen-bond acceptors (Lipinski definition) is 5. The van der Waals surface area contributed by atoms with Gasteiger partial charge in [0, 0.05) is 24.0 Å². The average molecular weight is 335 g/mol. The number of thiophene rings is 1. The van der Waals surface area contributed by atoms with Crippen molar-refractivity contribution in [3.8, 4) is 10.6 Å². The first kappa shape index (κ1) is 15.6. The molecule has 0 aliphatic carbocycles. The molecule has 1 amide bonds. The van der Waals surface area contributed by atoms with Gasteiger partial charge < -0.3 is 10.2 Å². The average Bonchev–Trinajstić information content (AvgIpc) is 3.23. The molecule has 0 saturated carbocycles. The highest BCUT2D eigenvalue weighted by Gasteiger charge is 2.24. The lowest BCUT2D eigenvalue weighted by Gasteiger charge is -2.31. The van der Waals surface area contributed by atoms with E-state index in [2.05, 4.69) is 15.7 Å². The van der Waals surface area contributed by atoms with Gasteiger partial charge in [0.25, 0.3) is 5.91 Å². The highest BCUT2D eigenvalue weighted by Crippen LogP contribution is 2.29. The molecule has 1 saturated heterocycles. The van der Waals surface area contributed by atoms with Gasteiger partial charge in [-0.15, -0.1) is 11.3 Å². The summed E-state index contributed by atoms with van der Waals surface area (Å²) in [6.07, 6.45) is 5.17. The third kappa shape index (κ3) is 3.56. The number of hydrogen-bond donors (Lipinski definition) is 1. The van der Waals surface area contributed by atoms with E-state index in [1.165, 1.54) is 17.8 Å². The van der Waals surface area contributed by atoms with Crippen LogP contribution in [-0.4, -0.2) is 42.5 Å². The molecule has 22 heavy (non-hydrogen) atoms. The Balaban J connectivity index is 1.58. The molecule has 1 fully saturated rings. The van der Waals surface area contributed by atoms with Crippen LogP contribution in [0.1, 0.15) is 28.9 Å². The van der Waals surface area contributed by atoms with Gasteiger partial charge in [0.1, 0.15) is 9.88 Å². The number of amides is 1. The van der Waals surface area contributed by atoms with Gasteiger partial charge in [0.05, 0.1) is 6.20 Å². The van der Waals surface area contributed by atoms with E-state index in [0.717, 1.165) is 53.8 Å². The Kier molecular flexibility index (Phi) is 5.23. The number of carbonyl (C=O) groups is 1. The van der Waals surface area contributed by atoms with E-state index >= 15 is 0 Å². The topological polar surface area (TPSA) is 45.2 Å². The molecule has 118 valence electrons. The van der Waals surface area contributed by atoms with Crippen molar-refractivity contribution < 1.29 is 4.79 Å². The first-order chi connectivity index (χ1) is 10.8. The van der Waals surface area contributed by atoms with Crippen molar-refractivity contribution >= 4 is 28.6 Å². The highest BCUT2D eigenvalue weighted by atomic mass is 32.1. The normalized spacial score (nSPS) is 16.1. The molecule has 0 radical (unpaired) electrons. The predicted octanol–water partition coefficient (Wildman–Crippen LogP) is 3.33. The minimum atomic E-state index is 0.144. The van der Waals surface area contributed by atoms with Crippen molar-refractivity contribution in [1.29, 1.82) is 0 Å². The Morgan fingerprint density at radius 1 is 1.45 bits per heavy atom. The largest absolute Gasteiger partial charge is 0.338 e. The summed E-state index contributed by atoms with van der Waals surface area (Å²) in [4.78, 5) is 19.7. The van der Waals surface area contributed by atoms with E-state index in [4.69, 9.17) is 0 Å². The van der Waals surface area contributed by atoms with Gasteiger partial charge in [-0.2, -0.15) is 11.3 Å². The molecule has 1 N–H and O–H groups in total. The minimum Gasteiger partial charge on any atom is -0.338 e. The quantitative estimate of drug-likeness (QED) is 0.911. The Hall–Kier alpha value is -1.24. The number of rotatable bonds is 5. The van der Waals surface area contributed by atoms with Crippen LogP contribution in [0.15, 0.2) is 23.0 Å². The van der Waals surface area contributed by atoms with Crippen molar-refractivity contribution in [2.24, 2.45) is 5.92 Å². The van der Waals surface area contributed by atoms with Gasteiger partial charge >= 0.3 is 0 Å². The van der Waals surface area contributed by atoms with E-state index in [9.17, 15) is 4.79 Å². The van der Waals surface area contributed by atoms with Crippen LogP contribution in [0.5, 0.6) is 0 Å². The first-order valence-electron chi connectivity index (χ1n) is 7.70. The molecule has 0 spiro atoms. The van der Waals surface area contributed by atoms with Crippen LogP contribution in [0.3, 0.4) is 0 Å². The van der Waals surface area contributed by atoms with Gasteiger partial charge in [-0.25, -0.2) is 4.98 Å². The zero-order valence-corrected chi connectivity index (χ0v) is 14.4. The lowest BCUT2D eigenvalue weighted by molar-refractivity contribution is 0.0692. The number of aromatic nitrogens is 1. The van der Waals surface area contributed by atoms with Crippen LogP contribution in [0, 0.1) is 5.92 Å². The molecular weight excluding hydrogens is 314 g/mol. The van der Waals surface area contributed by atoms with Crippen LogP contribution in [0.25, 0.3) is 10.6 Å². The summed E-state index contributed by atoms with van der Waals surface area (Å²) in [7, 11) is 1.99. The second-order valence-corrected chi connectivity index (χ2v) is 7.48. The van der Waals surface area contributed by atoms with E-state index in [0.29, 0.717) is 0 Å². The molecule has 2 aromatic heterocycles. The van der Waals surface area contributed by atoms with Crippen molar-refractivity contribution in [3.63, 3.8) is 0 Å². The molecule has 0 atom stereocenters. The summed E-state index contributed by atoms with van der Waals surface area (Å²) in [5.74, 6) is 0.894. The predicted molar refractivity (Wildman–Crippen MR) is 92.6 cm³/mol. The molecule has 2 aromatic rings. The fraction of sp³-hybridized carbons (Fsp3) is 0.500. The third-order valence-corrected chi connectivity index (χ3v) is 5.91. The number of nitrogens with one attached hydrogen (secondary N) is 1. The van der Waals surface area contributed by atoms with E-state index in [1.54, 1.807) is 17.5 Å². The Morgan fingerprint density at radius 2 is 2.27 bits per heavy atom. The minimum absolute atomic E-state index is 0.144. The van der Waals surface area contributed by atoms with Crippen LogP contribution >= 0.6 is 22.7 Å². The Bertz CT molecular complexity index is 601. The maximum atomic E-state index is 12.6. The lowest BCUT2D eigenvalue weighted by atomic mass is 9.93. The zero-order chi connectivity index (χ0) is 15.4. The maximum absolute atomic E-state index is 12.6. The zero-order valence-electron chi connectivity index (χ0n) is 12.7. The van der Waals surface area contributed by atoms with Crippen molar-refractivity contribution in [2.45, 2.75) is 19.3 Å². The number of likely N-dealkylation sites (tertiary alicyclic amines) is 1. The van der Waals surface area contributed by atoms with E-state index in [-0.39, 0.29) is 5.91 Å². The molecular formula is C16H21N3OS2. The van der Waals surface area contributed by atoms with Crippen LogP contribution in [0.4, 0.5) is 0 Å². The molecule has 3 rings (SSSR count). The van der Waals surface area contributed by atoms with E-state index < -0.39 is 0 Å². The second kappa shape index (κ2) is 7.35. The number of piperidine rings is 1. The first-order valence-corrected chi connectivity index (χ1v) is 9.46. The van der Waals surface area contributed by atoms with Crippen molar-refractivity contribution in [3.05, 3.63) is 27.9 Å². The van der Waals surface area contributed by atoms with Gasteiger partial charge in [-0.1, -0.05) is 0 Å². The summed E-state index contributed by atoms with van der Waals surface area (Å²) in [6.45, 7) is 2.81. The van der Waals surface area contributed by atoms with Gasteiger partial charge in [0.2, 0.25) is 0 Å². The third-order valence-electron chi connectivity index (χ3n) is 4.19. The van der Waals surface area contributed by atoms with Crippen LogP contribution in [-0.2, 0) is 0 Å². The van der Waals surface area contributed by atoms with Crippen LogP contribution < -0.4 is 5.32 Å². The molecule has 0 bridgehead atoms. The number of carbonyl (C=O) groups excluding carboxylic acids is 1. The van der Waals surface area contributed by atoms with Crippen molar-refractivity contribution in [2.75, 3.05) is 26.7 Å². The smallest absolute Gasteiger partial charge is 0.265 e. The van der Waals surface area contributed by atoms with Gasteiger partial charge in [-0.3, -0.25) is 4.79 Å². The monoisotopic (exact) mass is 335 g/mol. The summed E-state index contributed by atoms with van der Waals surface area (Å²) < 4.78 is 0. The Labute approximate surface area is 139 Å². The Morgan fingerprint density at radius 3 is 2.95 bits per heavy atom. The van der Waals surface area contributed by atoms with E-state index in [1.807, 2.05) is 23.4 Å². The number of nitrogens with zero attached hydrogens (tertiary/aromatic N) is 2. The second-order valence-electron chi connectivity index (χ2n) is 5.67. The van der Waals surface area contributed by atoms with Gasteiger partial charge in [-0.05, 0) is 50.2 Å². The summed E-state index contributed by atoms with van der Waals surface area (Å²) in [5, 5.41) is 8.25. The molecule has 1 aliphatic heterocycles. The maximum Gasteiger partial charge on any atom is 0.265 e.